The van der Waals surface area contributed by atoms with Gasteiger partial charge in [-0.15, -0.1) is 0 Å². The van der Waals surface area contributed by atoms with Gasteiger partial charge in [0.2, 0.25) is 5.91 Å². The Morgan fingerprint density at radius 2 is 2.06 bits per heavy atom. The van der Waals surface area contributed by atoms with Crippen molar-refractivity contribution in [2.45, 2.75) is 25.9 Å². The minimum absolute atomic E-state index is 0.202. The summed E-state index contributed by atoms with van der Waals surface area (Å²) in [5.74, 6) is -0.202. The number of halogens is 1. The first-order valence-corrected chi connectivity index (χ1v) is 6.66. The molecule has 1 aromatic rings. The molecule has 0 aliphatic rings. The van der Waals surface area contributed by atoms with Gasteiger partial charge in [-0.05, 0) is 37.1 Å². The third-order valence-electron chi connectivity index (χ3n) is 2.70. The monoisotopic (exact) mass is 311 g/mol. The topological polar surface area (TPSA) is 49.3 Å². The van der Waals surface area contributed by atoms with Gasteiger partial charge in [-0.3, -0.25) is 4.79 Å². The van der Waals surface area contributed by atoms with E-state index in [1.807, 2.05) is 31.2 Å². The number of rotatable bonds is 5. The first-order chi connectivity index (χ1) is 8.43. The summed E-state index contributed by atoms with van der Waals surface area (Å²) in [6, 6.07) is 7.66. The van der Waals surface area contributed by atoms with Crippen LogP contribution in [0.15, 0.2) is 34.8 Å². The van der Waals surface area contributed by atoms with Gasteiger partial charge in [0, 0.05) is 17.1 Å². The van der Waals surface area contributed by atoms with E-state index in [1.165, 1.54) is 6.08 Å². The van der Waals surface area contributed by atoms with Gasteiger partial charge in [0.15, 0.2) is 0 Å². The second-order valence-electron chi connectivity index (χ2n) is 4.45. The smallest absolute Gasteiger partial charge is 0.244 e. The number of carbonyl (C=O) groups is 1. The van der Waals surface area contributed by atoms with Gasteiger partial charge in [0.25, 0.3) is 0 Å². The minimum atomic E-state index is -0.846. The number of carbonyl (C=O) groups excluding carboxylic acids is 1. The molecule has 3 nitrogen and oxygen atoms in total. The highest BCUT2D eigenvalue weighted by Crippen LogP contribution is 2.11. The Kier molecular flexibility index (Phi) is 5.56. The summed E-state index contributed by atoms with van der Waals surface area (Å²) >= 11 is 3.35. The number of hydrogen-bond donors (Lipinski definition) is 2. The zero-order chi connectivity index (χ0) is 13.6. The van der Waals surface area contributed by atoms with Crippen LogP contribution in [0.1, 0.15) is 25.8 Å². The van der Waals surface area contributed by atoms with Crippen LogP contribution in [-0.2, 0) is 4.79 Å². The number of benzene rings is 1. The van der Waals surface area contributed by atoms with Crippen molar-refractivity contribution < 1.29 is 9.90 Å². The van der Waals surface area contributed by atoms with Crippen molar-refractivity contribution in [1.29, 1.82) is 0 Å². The van der Waals surface area contributed by atoms with E-state index in [9.17, 15) is 9.90 Å². The fourth-order valence-electron chi connectivity index (χ4n) is 1.21. The van der Waals surface area contributed by atoms with Gasteiger partial charge >= 0.3 is 0 Å². The third-order valence-corrected chi connectivity index (χ3v) is 3.23. The number of aliphatic hydroxyl groups is 1. The van der Waals surface area contributed by atoms with E-state index in [-0.39, 0.29) is 12.5 Å². The average molecular weight is 312 g/mol. The molecule has 1 amide bonds. The fraction of sp³-hybridized carbons (Fsp3) is 0.357. The molecule has 0 heterocycles. The molecule has 2 N–H and O–H groups in total. The van der Waals surface area contributed by atoms with Crippen LogP contribution in [0.25, 0.3) is 6.08 Å². The lowest BCUT2D eigenvalue weighted by Crippen LogP contribution is -2.39. The highest BCUT2D eigenvalue weighted by atomic mass is 79.9. The van der Waals surface area contributed by atoms with Crippen molar-refractivity contribution in [3.8, 4) is 0 Å². The summed E-state index contributed by atoms with van der Waals surface area (Å²) in [7, 11) is 0. The van der Waals surface area contributed by atoms with Crippen molar-refractivity contribution in [3.63, 3.8) is 0 Å². The largest absolute Gasteiger partial charge is 0.388 e. The first kappa shape index (κ1) is 14.9. The molecule has 98 valence electrons. The Labute approximate surface area is 116 Å². The predicted octanol–water partition coefficient (Wildman–Crippen LogP) is 2.74. The molecule has 1 unspecified atom stereocenters. The zero-order valence-corrected chi connectivity index (χ0v) is 12.2. The standard InChI is InChI=1S/C14H18BrNO2/c1-3-14(2,18)10-16-13(17)9-6-11-4-7-12(15)8-5-11/h4-9,18H,3,10H2,1-2H3,(H,16,17). The third kappa shape index (κ3) is 5.47. The maximum Gasteiger partial charge on any atom is 0.244 e. The Balaban J connectivity index is 2.47. The molecule has 4 heteroatoms. The SMILES string of the molecule is CCC(C)(O)CNC(=O)C=Cc1ccc(Br)cc1. The summed E-state index contributed by atoms with van der Waals surface area (Å²) in [4.78, 5) is 11.5. The predicted molar refractivity (Wildman–Crippen MR) is 77.1 cm³/mol. The molecule has 0 bridgehead atoms. The van der Waals surface area contributed by atoms with E-state index < -0.39 is 5.60 Å². The molecular formula is C14H18BrNO2. The van der Waals surface area contributed by atoms with Gasteiger partial charge < -0.3 is 10.4 Å². The maximum atomic E-state index is 11.5. The molecule has 0 fully saturated rings. The molecule has 0 spiro atoms. The fourth-order valence-corrected chi connectivity index (χ4v) is 1.47. The van der Waals surface area contributed by atoms with Crippen LogP contribution in [0.2, 0.25) is 0 Å². The molecule has 1 atom stereocenters. The number of amides is 1. The minimum Gasteiger partial charge on any atom is -0.388 e. The van der Waals surface area contributed by atoms with Gasteiger partial charge in [0.1, 0.15) is 0 Å². The van der Waals surface area contributed by atoms with Gasteiger partial charge in [-0.2, -0.15) is 0 Å². The molecule has 0 radical (unpaired) electrons. The summed E-state index contributed by atoms with van der Waals surface area (Å²) in [6.45, 7) is 3.84. The molecule has 0 aliphatic heterocycles. The molecular weight excluding hydrogens is 294 g/mol. The second kappa shape index (κ2) is 6.71. The van der Waals surface area contributed by atoms with Crippen molar-refractivity contribution in [1.82, 2.24) is 5.32 Å². The average Bonchev–Trinajstić information content (AvgIpc) is 2.36. The van der Waals surface area contributed by atoms with E-state index in [0.717, 1.165) is 10.0 Å². The maximum absolute atomic E-state index is 11.5. The van der Waals surface area contributed by atoms with Gasteiger partial charge in [-0.1, -0.05) is 35.0 Å². The number of nitrogens with one attached hydrogen (secondary N) is 1. The highest BCUT2D eigenvalue weighted by Gasteiger charge is 2.17. The highest BCUT2D eigenvalue weighted by molar-refractivity contribution is 9.10. The summed E-state index contributed by atoms with van der Waals surface area (Å²) < 4.78 is 1.00. The van der Waals surface area contributed by atoms with Gasteiger partial charge in [0.05, 0.1) is 5.60 Å². The Morgan fingerprint density at radius 1 is 1.44 bits per heavy atom. The Hall–Kier alpha value is -1.13. The van der Waals surface area contributed by atoms with E-state index in [0.29, 0.717) is 6.42 Å². The van der Waals surface area contributed by atoms with Crippen molar-refractivity contribution in [3.05, 3.63) is 40.4 Å². The molecule has 0 aliphatic carbocycles. The van der Waals surface area contributed by atoms with Gasteiger partial charge in [-0.25, -0.2) is 0 Å². The zero-order valence-electron chi connectivity index (χ0n) is 10.6. The normalized spacial score (nSPS) is 14.4. The van der Waals surface area contributed by atoms with Crippen LogP contribution in [0.4, 0.5) is 0 Å². The van der Waals surface area contributed by atoms with E-state index in [4.69, 9.17) is 0 Å². The van der Waals surface area contributed by atoms with Crippen molar-refractivity contribution >= 4 is 27.9 Å². The Bertz CT molecular complexity index is 424. The molecule has 0 aromatic heterocycles. The van der Waals surface area contributed by atoms with Crippen LogP contribution in [0, 0.1) is 0 Å². The second-order valence-corrected chi connectivity index (χ2v) is 5.37. The Morgan fingerprint density at radius 3 is 2.61 bits per heavy atom. The van der Waals surface area contributed by atoms with E-state index in [1.54, 1.807) is 13.0 Å². The van der Waals surface area contributed by atoms with Crippen LogP contribution in [0.5, 0.6) is 0 Å². The first-order valence-electron chi connectivity index (χ1n) is 5.87. The van der Waals surface area contributed by atoms with Crippen molar-refractivity contribution in [2.75, 3.05) is 6.54 Å². The van der Waals surface area contributed by atoms with E-state index in [2.05, 4.69) is 21.2 Å². The van der Waals surface area contributed by atoms with Crippen LogP contribution in [0.3, 0.4) is 0 Å². The molecule has 0 saturated heterocycles. The quantitative estimate of drug-likeness (QED) is 0.821. The summed E-state index contributed by atoms with van der Waals surface area (Å²) in [6.07, 6.45) is 3.81. The molecule has 18 heavy (non-hydrogen) atoms. The number of hydrogen-bond acceptors (Lipinski definition) is 2. The van der Waals surface area contributed by atoms with Crippen molar-refractivity contribution in [2.24, 2.45) is 0 Å². The lowest BCUT2D eigenvalue weighted by Gasteiger charge is -2.20. The van der Waals surface area contributed by atoms with Crippen LogP contribution in [-0.4, -0.2) is 23.2 Å². The summed E-state index contributed by atoms with van der Waals surface area (Å²) in [5.41, 5.74) is 0.108. The van der Waals surface area contributed by atoms with Crippen LogP contribution < -0.4 is 5.32 Å². The van der Waals surface area contributed by atoms with Crippen LogP contribution >= 0.6 is 15.9 Å². The molecule has 1 aromatic carbocycles. The molecule has 0 saturated carbocycles. The molecule has 1 rings (SSSR count). The van der Waals surface area contributed by atoms with E-state index >= 15 is 0 Å². The summed E-state index contributed by atoms with van der Waals surface area (Å²) in [5, 5.41) is 12.4. The lowest BCUT2D eigenvalue weighted by atomic mass is 10.0. The lowest BCUT2D eigenvalue weighted by molar-refractivity contribution is -0.117.